The van der Waals surface area contributed by atoms with E-state index in [0.29, 0.717) is 49.2 Å². The van der Waals surface area contributed by atoms with Gasteiger partial charge in [-0.25, -0.2) is 4.39 Å². The number of carbonyl (C=O) groups is 3. The van der Waals surface area contributed by atoms with Crippen LogP contribution in [0.4, 0.5) is 4.39 Å². The summed E-state index contributed by atoms with van der Waals surface area (Å²) in [5, 5.41) is 6.04. The minimum atomic E-state index is -0.427. The average molecular weight is 519 g/mol. The van der Waals surface area contributed by atoms with E-state index >= 15 is 0 Å². The first-order valence-corrected chi connectivity index (χ1v) is 12.7. The molecule has 1 amide bonds. The van der Waals surface area contributed by atoms with Gasteiger partial charge in [0.1, 0.15) is 11.9 Å². The predicted octanol–water partition coefficient (Wildman–Crippen LogP) is 3.19. The SMILES string of the molecule is NCc1ccc(C(=O)CCc2ccncc2F)cc1-c1cccc(C(=O)NCCCNC2CCOC2=O)c1. The lowest BCUT2D eigenvalue weighted by molar-refractivity contribution is -0.139. The maximum absolute atomic E-state index is 13.9. The van der Waals surface area contributed by atoms with Crippen LogP contribution in [0.15, 0.2) is 60.9 Å². The standard InChI is InChI=1S/C29H31FN4O4/c30-25-18-32-13-9-19(25)7-8-27(35)21-5-6-23(17-31)24(16-21)20-3-1-4-22(15-20)28(36)34-12-2-11-33-26-10-14-38-29(26)37/h1,3-6,9,13,15-16,18,26,33H,2,7-8,10-12,14,17,31H2,(H,34,36). The maximum Gasteiger partial charge on any atom is 0.323 e. The van der Waals surface area contributed by atoms with Crippen LogP contribution in [0.5, 0.6) is 0 Å². The first-order chi connectivity index (χ1) is 18.5. The molecule has 1 atom stereocenters. The van der Waals surface area contributed by atoms with Gasteiger partial charge in [0.2, 0.25) is 0 Å². The molecular formula is C29H31FN4O4. The zero-order valence-corrected chi connectivity index (χ0v) is 21.0. The molecule has 0 aliphatic carbocycles. The van der Waals surface area contributed by atoms with Gasteiger partial charge < -0.3 is 21.1 Å². The molecule has 1 aliphatic rings. The van der Waals surface area contributed by atoms with Crippen molar-refractivity contribution in [1.29, 1.82) is 0 Å². The second-order valence-electron chi connectivity index (χ2n) is 9.12. The van der Waals surface area contributed by atoms with Gasteiger partial charge in [0, 0.05) is 43.3 Å². The number of esters is 1. The highest BCUT2D eigenvalue weighted by Crippen LogP contribution is 2.27. The van der Waals surface area contributed by atoms with Crippen LogP contribution in [0, 0.1) is 5.82 Å². The smallest absolute Gasteiger partial charge is 0.323 e. The molecule has 1 unspecified atom stereocenters. The van der Waals surface area contributed by atoms with Crippen LogP contribution in [-0.4, -0.2) is 48.4 Å². The van der Waals surface area contributed by atoms with Crippen molar-refractivity contribution < 1.29 is 23.5 Å². The molecule has 198 valence electrons. The third kappa shape index (κ3) is 6.87. The summed E-state index contributed by atoms with van der Waals surface area (Å²) in [7, 11) is 0. The summed E-state index contributed by atoms with van der Waals surface area (Å²) in [6.45, 7) is 1.75. The molecular weight excluding hydrogens is 487 g/mol. The van der Waals surface area contributed by atoms with E-state index in [2.05, 4.69) is 15.6 Å². The lowest BCUT2D eigenvalue weighted by Gasteiger charge is -2.13. The number of rotatable bonds is 12. The van der Waals surface area contributed by atoms with Crippen molar-refractivity contribution >= 4 is 17.7 Å². The van der Waals surface area contributed by atoms with E-state index in [9.17, 15) is 18.8 Å². The number of amides is 1. The van der Waals surface area contributed by atoms with Gasteiger partial charge >= 0.3 is 5.97 Å². The largest absolute Gasteiger partial charge is 0.464 e. The molecule has 9 heteroatoms. The quantitative estimate of drug-likeness (QED) is 0.191. The first-order valence-electron chi connectivity index (χ1n) is 12.7. The molecule has 38 heavy (non-hydrogen) atoms. The third-order valence-corrected chi connectivity index (χ3v) is 6.53. The Morgan fingerprint density at radius 1 is 1.08 bits per heavy atom. The number of benzene rings is 2. The number of Topliss-reactive ketones (excluding diaryl/α,β-unsaturated/α-hetero) is 1. The Morgan fingerprint density at radius 3 is 2.71 bits per heavy atom. The van der Waals surface area contributed by atoms with E-state index in [1.54, 1.807) is 36.4 Å². The molecule has 2 heterocycles. The minimum Gasteiger partial charge on any atom is -0.464 e. The predicted molar refractivity (Wildman–Crippen MR) is 141 cm³/mol. The number of pyridine rings is 1. The van der Waals surface area contributed by atoms with Gasteiger partial charge in [0.25, 0.3) is 5.91 Å². The fourth-order valence-corrected chi connectivity index (χ4v) is 4.37. The van der Waals surface area contributed by atoms with Crippen LogP contribution < -0.4 is 16.4 Å². The number of halogens is 1. The third-order valence-electron chi connectivity index (χ3n) is 6.53. The highest BCUT2D eigenvalue weighted by Gasteiger charge is 2.25. The summed E-state index contributed by atoms with van der Waals surface area (Å²) in [4.78, 5) is 40.9. The first kappa shape index (κ1) is 27.1. The zero-order valence-electron chi connectivity index (χ0n) is 21.0. The van der Waals surface area contributed by atoms with E-state index in [1.807, 2.05) is 12.1 Å². The number of aromatic nitrogens is 1. The number of hydrogen-bond donors (Lipinski definition) is 3. The normalized spacial score (nSPS) is 14.8. The molecule has 1 aliphatic heterocycles. The van der Waals surface area contributed by atoms with E-state index in [1.165, 1.54) is 6.20 Å². The summed E-state index contributed by atoms with van der Waals surface area (Å²) < 4.78 is 18.8. The van der Waals surface area contributed by atoms with Gasteiger partial charge in [-0.3, -0.25) is 19.4 Å². The molecule has 0 saturated carbocycles. The number of cyclic esters (lactones) is 1. The maximum atomic E-state index is 13.9. The molecule has 3 aromatic rings. The van der Waals surface area contributed by atoms with Gasteiger partial charge in [-0.2, -0.15) is 0 Å². The Hall–Kier alpha value is -3.95. The van der Waals surface area contributed by atoms with Crippen molar-refractivity contribution in [2.45, 2.75) is 38.3 Å². The zero-order chi connectivity index (χ0) is 26.9. The molecule has 4 N–H and O–H groups in total. The molecule has 4 rings (SSSR count). The van der Waals surface area contributed by atoms with Gasteiger partial charge in [-0.05, 0) is 65.9 Å². The Balaban J connectivity index is 1.39. The second kappa shape index (κ2) is 13.0. The Kier molecular flexibility index (Phi) is 9.29. The number of nitrogens with one attached hydrogen (secondary N) is 2. The van der Waals surface area contributed by atoms with Crippen LogP contribution in [0.3, 0.4) is 0 Å². The van der Waals surface area contributed by atoms with Crippen molar-refractivity contribution in [2.75, 3.05) is 19.7 Å². The Bertz CT molecular complexity index is 1310. The lowest BCUT2D eigenvalue weighted by atomic mass is 9.93. The number of nitrogens with two attached hydrogens (primary N) is 1. The fourth-order valence-electron chi connectivity index (χ4n) is 4.37. The average Bonchev–Trinajstić information content (AvgIpc) is 3.36. The molecule has 1 saturated heterocycles. The number of ketones is 1. The van der Waals surface area contributed by atoms with Crippen molar-refractivity contribution in [3.05, 3.63) is 89.0 Å². The number of nitrogens with zero attached hydrogens (tertiary/aromatic N) is 1. The Morgan fingerprint density at radius 2 is 1.95 bits per heavy atom. The molecule has 2 aromatic carbocycles. The number of carbonyl (C=O) groups excluding carboxylic acids is 3. The molecule has 0 spiro atoms. The van der Waals surface area contributed by atoms with E-state index in [4.69, 9.17) is 10.5 Å². The number of ether oxygens (including phenoxy) is 1. The van der Waals surface area contributed by atoms with Crippen LogP contribution in [0.2, 0.25) is 0 Å². The summed E-state index contributed by atoms with van der Waals surface area (Å²) in [6.07, 6.45) is 4.41. The summed E-state index contributed by atoms with van der Waals surface area (Å²) >= 11 is 0. The second-order valence-corrected chi connectivity index (χ2v) is 9.12. The van der Waals surface area contributed by atoms with Crippen molar-refractivity contribution in [3.63, 3.8) is 0 Å². The van der Waals surface area contributed by atoms with Crippen LogP contribution >= 0.6 is 0 Å². The summed E-state index contributed by atoms with van der Waals surface area (Å²) in [5.74, 6) is -0.979. The molecule has 8 nitrogen and oxygen atoms in total. The highest BCUT2D eigenvalue weighted by molar-refractivity contribution is 5.98. The lowest BCUT2D eigenvalue weighted by Crippen LogP contribution is -2.35. The fraction of sp³-hybridized carbons (Fsp3) is 0.310. The molecule has 0 radical (unpaired) electrons. The summed E-state index contributed by atoms with van der Waals surface area (Å²) in [5.41, 5.74) is 9.79. The van der Waals surface area contributed by atoms with Gasteiger partial charge in [-0.1, -0.05) is 24.3 Å². The summed E-state index contributed by atoms with van der Waals surface area (Å²) in [6, 6.07) is 13.8. The monoisotopic (exact) mass is 518 g/mol. The van der Waals surface area contributed by atoms with Gasteiger partial charge in [-0.15, -0.1) is 0 Å². The molecule has 0 bridgehead atoms. The van der Waals surface area contributed by atoms with Crippen molar-refractivity contribution in [1.82, 2.24) is 15.6 Å². The van der Waals surface area contributed by atoms with Crippen molar-refractivity contribution in [3.8, 4) is 11.1 Å². The molecule has 1 fully saturated rings. The van der Waals surface area contributed by atoms with E-state index in [-0.39, 0.29) is 43.1 Å². The Labute approximate surface area is 220 Å². The van der Waals surface area contributed by atoms with Crippen LogP contribution in [0.1, 0.15) is 51.1 Å². The highest BCUT2D eigenvalue weighted by atomic mass is 19.1. The topological polar surface area (TPSA) is 123 Å². The van der Waals surface area contributed by atoms with Crippen molar-refractivity contribution in [2.24, 2.45) is 5.73 Å². The van der Waals surface area contributed by atoms with Gasteiger partial charge in [0.05, 0.1) is 12.8 Å². The van der Waals surface area contributed by atoms with Crippen LogP contribution in [0.25, 0.3) is 11.1 Å². The number of aryl methyl sites for hydroxylation is 1. The van der Waals surface area contributed by atoms with E-state index in [0.717, 1.165) is 22.9 Å². The number of hydrogen-bond acceptors (Lipinski definition) is 7. The molecule has 1 aromatic heterocycles. The van der Waals surface area contributed by atoms with Crippen LogP contribution in [-0.2, 0) is 22.5 Å². The minimum absolute atomic E-state index is 0.112. The van der Waals surface area contributed by atoms with Gasteiger partial charge in [0.15, 0.2) is 5.78 Å². The van der Waals surface area contributed by atoms with E-state index < -0.39 is 5.82 Å².